The largest absolute Gasteiger partial charge is 0.492 e. The Balaban J connectivity index is 3.18. The van der Waals surface area contributed by atoms with E-state index in [0.29, 0.717) is 12.3 Å². The minimum Gasteiger partial charge on any atom is -0.492 e. The van der Waals surface area contributed by atoms with Crippen LogP contribution in [0, 0.1) is 17.0 Å². The highest BCUT2D eigenvalue weighted by Gasteiger charge is 2.18. The van der Waals surface area contributed by atoms with Gasteiger partial charge in [-0.25, -0.2) is 4.98 Å². The monoisotopic (exact) mass is 208 g/mol. The van der Waals surface area contributed by atoms with Crippen molar-refractivity contribution in [1.29, 1.82) is 0 Å². The van der Waals surface area contributed by atoms with Crippen molar-refractivity contribution in [3.8, 4) is 0 Å². The quantitative estimate of drug-likeness (QED) is 0.432. The average molecular weight is 208 g/mol. The minimum absolute atomic E-state index is 0.0842. The molecule has 0 radical (unpaired) electrons. The van der Waals surface area contributed by atoms with Gasteiger partial charge in [0.25, 0.3) is 5.69 Å². The maximum absolute atomic E-state index is 10.7. The van der Waals surface area contributed by atoms with E-state index < -0.39 is 4.92 Å². The normalized spacial score (nSPS) is 9.73. The molecule has 1 aromatic heterocycles. The number of hydrogen-bond donors (Lipinski definition) is 0. The Hall–Kier alpha value is -1.91. The number of aryl methyl sites for hydroxylation is 1. The lowest BCUT2D eigenvalue weighted by atomic mass is 10.2. The highest BCUT2D eigenvalue weighted by molar-refractivity contribution is 5.63. The highest BCUT2D eigenvalue weighted by Crippen LogP contribution is 2.23. The molecule has 0 aliphatic carbocycles. The first kappa shape index (κ1) is 11.2. The molecule has 0 unspecified atom stereocenters. The van der Waals surface area contributed by atoms with Gasteiger partial charge in [-0.1, -0.05) is 6.58 Å². The molecule has 0 saturated heterocycles. The van der Waals surface area contributed by atoms with Crippen molar-refractivity contribution in [2.24, 2.45) is 0 Å². The van der Waals surface area contributed by atoms with Gasteiger partial charge in [0, 0.05) is 11.8 Å². The van der Waals surface area contributed by atoms with Gasteiger partial charge in [-0.2, -0.15) is 0 Å². The van der Waals surface area contributed by atoms with Crippen molar-refractivity contribution >= 4 is 11.4 Å². The molecule has 0 spiro atoms. The third kappa shape index (κ3) is 2.52. The summed E-state index contributed by atoms with van der Waals surface area (Å²) in [5.41, 5.74) is 0.803. The van der Waals surface area contributed by atoms with Crippen LogP contribution in [0.2, 0.25) is 0 Å². The summed E-state index contributed by atoms with van der Waals surface area (Å²) >= 11 is 0. The third-order valence-corrected chi connectivity index (χ3v) is 1.79. The zero-order valence-corrected chi connectivity index (χ0v) is 8.69. The number of nitrogens with zero attached hydrogens (tertiary/aromatic N) is 2. The number of aromatic nitrogens is 1. The van der Waals surface area contributed by atoms with Gasteiger partial charge in [-0.3, -0.25) is 10.1 Å². The minimum atomic E-state index is -0.494. The number of nitro groups is 1. The van der Waals surface area contributed by atoms with E-state index in [1.165, 1.54) is 6.07 Å². The highest BCUT2D eigenvalue weighted by atomic mass is 16.6. The molecule has 0 amide bonds. The summed E-state index contributed by atoms with van der Waals surface area (Å²) in [7, 11) is 0. The zero-order valence-electron chi connectivity index (χ0n) is 8.69. The second kappa shape index (κ2) is 4.54. The van der Waals surface area contributed by atoms with Gasteiger partial charge in [0.1, 0.15) is 5.76 Å². The number of hydrogen-bond acceptors (Lipinski definition) is 4. The summed E-state index contributed by atoms with van der Waals surface area (Å²) in [6.45, 7) is 7.56. The summed E-state index contributed by atoms with van der Waals surface area (Å²) in [6, 6.07) is 2.99. The summed E-state index contributed by atoms with van der Waals surface area (Å²) < 4.78 is 5.11. The first-order chi connectivity index (χ1) is 7.06. The summed E-state index contributed by atoms with van der Waals surface area (Å²) in [4.78, 5) is 14.3. The molecule has 1 rings (SSSR count). The molecule has 0 aliphatic heterocycles. The lowest BCUT2D eigenvalue weighted by molar-refractivity contribution is -0.385. The van der Waals surface area contributed by atoms with Crippen LogP contribution in [0.1, 0.15) is 18.3 Å². The smallest absolute Gasteiger partial charge is 0.298 e. The van der Waals surface area contributed by atoms with E-state index in [-0.39, 0.29) is 17.1 Å². The van der Waals surface area contributed by atoms with Gasteiger partial charge >= 0.3 is 0 Å². The molecule has 0 N–H and O–H groups in total. The van der Waals surface area contributed by atoms with Crippen LogP contribution in [0.5, 0.6) is 0 Å². The Morgan fingerprint density at radius 1 is 1.67 bits per heavy atom. The molecule has 0 aromatic carbocycles. The van der Waals surface area contributed by atoms with Crippen molar-refractivity contribution in [3.63, 3.8) is 0 Å². The predicted octanol–water partition coefficient (Wildman–Crippen LogP) is 2.31. The standard InChI is InChI=1S/C10H12N2O3/c1-4-15-8(3)10-9(12(13)14)6-5-7(2)11-10/h5-6H,3-4H2,1-2H3. The van der Waals surface area contributed by atoms with Crippen LogP contribution in [0.4, 0.5) is 5.69 Å². The Morgan fingerprint density at radius 2 is 2.33 bits per heavy atom. The van der Waals surface area contributed by atoms with E-state index in [1.54, 1.807) is 19.9 Å². The second-order valence-electron chi connectivity index (χ2n) is 2.93. The van der Waals surface area contributed by atoms with E-state index in [9.17, 15) is 10.1 Å². The van der Waals surface area contributed by atoms with Gasteiger partial charge in [0.05, 0.1) is 11.5 Å². The van der Waals surface area contributed by atoms with E-state index >= 15 is 0 Å². The predicted molar refractivity (Wildman–Crippen MR) is 56.3 cm³/mol. The van der Waals surface area contributed by atoms with E-state index in [0.717, 1.165) is 0 Å². The zero-order chi connectivity index (χ0) is 11.4. The lowest BCUT2D eigenvalue weighted by Crippen LogP contribution is -2.01. The summed E-state index contributed by atoms with van der Waals surface area (Å²) in [5, 5.41) is 10.7. The number of rotatable bonds is 4. The van der Waals surface area contributed by atoms with Gasteiger partial charge in [0.15, 0.2) is 5.69 Å². The van der Waals surface area contributed by atoms with Crippen LogP contribution in [0.15, 0.2) is 18.7 Å². The van der Waals surface area contributed by atoms with Crippen molar-refractivity contribution in [2.45, 2.75) is 13.8 Å². The summed E-state index contributed by atoms with van der Waals surface area (Å²) in [5.74, 6) is 0.230. The molecule has 1 aromatic rings. The first-order valence-corrected chi connectivity index (χ1v) is 4.50. The molecule has 5 nitrogen and oxygen atoms in total. The molecule has 0 saturated carbocycles. The van der Waals surface area contributed by atoms with E-state index in [2.05, 4.69) is 11.6 Å². The molecule has 0 fully saturated rings. The molecular formula is C10H12N2O3. The number of pyridine rings is 1. The van der Waals surface area contributed by atoms with E-state index in [1.807, 2.05) is 0 Å². The molecule has 0 bridgehead atoms. The maximum Gasteiger partial charge on any atom is 0.298 e. The molecule has 0 aliphatic rings. The topological polar surface area (TPSA) is 65.3 Å². The fraction of sp³-hybridized carbons (Fsp3) is 0.300. The Labute approximate surface area is 87.6 Å². The van der Waals surface area contributed by atoms with Crippen LogP contribution >= 0.6 is 0 Å². The van der Waals surface area contributed by atoms with Gasteiger partial charge in [-0.05, 0) is 19.9 Å². The Bertz CT molecular complexity index is 402. The van der Waals surface area contributed by atoms with Crippen LogP contribution in [0.3, 0.4) is 0 Å². The molecule has 1 heterocycles. The van der Waals surface area contributed by atoms with Gasteiger partial charge in [0.2, 0.25) is 0 Å². The van der Waals surface area contributed by atoms with Crippen LogP contribution < -0.4 is 0 Å². The average Bonchev–Trinajstić information content (AvgIpc) is 2.17. The first-order valence-electron chi connectivity index (χ1n) is 4.50. The fourth-order valence-corrected chi connectivity index (χ4v) is 1.14. The van der Waals surface area contributed by atoms with Crippen molar-refractivity contribution in [3.05, 3.63) is 40.2 Å². The Morgan fingerprint density at radius 3 is 2.87 bits per heavy atom. The van der Waals surface area contributed by atoms with Crippen LogP contribution in [-0.2, 0) is 4.74 Å². The van der Waals surface area contributed by atoms with Crippen molar-refractivity contribution in [1.82, 2.24) is 4.98 Å². The molecule has 80 valence electrons. The third-order valence-electron chi connectivity index (χ3n) is 1.79. The van der Waals surface area contributed by atoms with Crippen LogP contribution in [-0.4, -0.2) is 16.5 Å². The van der Waals surface area contributed by atoms with Crippen LogP contribution in [0.25, 0.3) is 5.76 Å². The Kier molecular flexibility index (Phi) is 3.38. The van der Waals surface area contributed by atoms with Gasteiger partial charge < -0.3 is 4.74 Å². The fourth-order valence-electron chi connectivity index (χ4n) is 1.14. The second-order valence-corrected chi connectivity index (χ2v) is 2.93. The number of ether oxygens (including phenoxy) is 1. The SMILES string of the molecule is C=C(OCC)c1nc(C)ccc1[N+](=O)[O-]. The van der Waals surface area contributed by atoms with E-state index in [4.69, 9.17) is 4.74 Å². The van der Waals surface area contributed by atoms with Gasteiger partial charge in [-0.15, -0.1) is 0 Å². The molecule has 0 atom stereocenters. The lowest BCUT2D eigenvalue weighted by Gasteiger charge is -2.06. The molecule has 15 heavy (non-hydrogen) atoms. The maximum atomic E-state index is 10.7. The van der Waals surface area contributed by atoms with Crippen molar-refractivity contribution in [2.75, 3.05) is 6.61 Å². The summed E-state index contributed by atoms with van der Waals surface area (Å²) in [6.07, 6.45) is 0. The molecular weight excluding hydrogens is 196 g/mol. The van der Waals surface area contributed by atoms with Crippen molar-refractivity contribution < 1.29 is 9.66 Å². The molecule has 5 heteroatoms.